The molecule has 2 rings (SSSR count). The van der Waals surface area contributed by atoms with Gasteiger partial charge in [-0.2, -0.15) is 0 Å². The van der Waals surface area contributed by atoms with Crippen molar-refractivity contribution in [1.29, 1.82) is 0 Å². The van der Waals surface area contributed by atoms with Gasteiger partial charge in [0.25, 0.3) is 0 Å². The van der Waals surface area contributed by atoms with Crippen LogP contribution in [0.1, 0.15) is 43.1 Å². The number of ether oxygens (including phenoxy) is 1. The Morgan fingerprint density at radius 3 is 2.17 bits per heavy atom. The molecule has 29 heavy (non-hydrogen) atoms. The third-order valence-electron chi connectivity index (χ3n) is 4.67. The molecule has 2 aromatic rings. The Hall–Kier alpha value is -3.15. The first-order valence-electron chi connectivity index (χ1n) is 9.64. The number of carbonyl (C=O) groups is 3. The highest BCUT2D eigenvalue weighted by atomic mass is 16.5. The number of amides is 2. The predicted octanol–water partition coefficient (Wildman–Crippen LogP) is 3.65. The molecule has 0 spiro atoms. The van der Waals surface area contributed by atoms with Crippen molar-refractivity contribution in [2.45, 2.75) is 39.8 Å². The molecule has 0 bridgehead atoms. The summed E-state index contributed by atoms with van der Waals surface area (Å²) in [4.78, 5) is 40.5. The summed E-state index contributed by atoms with van der Waals surface area (Å²) in [5, 5.41) is 0. The second-order valence-corrected chi connectivity index (χ2v) is 7.03. The van der Waals surface area contributed by atoms with E-state index in [0.717, 1.165) is 5.56 Å². The van der Waals surface area contributed by atoms with Crippen LogP contribution in [-0.4, -0.2) is 42.4 Å². The van der Waals surface area contributed by atoms with Gasteiger partial charge in [0.1, 0.15) is 0 Å². The van der Waals surface area contributed by atoms with Gasteiger partial charge in [0.15, 0.2) is 0 Å². The molecule has 0 aromatic heterocycles. The van der Waals surface area contributed by atoms with E-state index in [1.807, 2.05) is 44.2 Å². The van der Waals surface area contributed by atoms with Gasteiger partial charge in [-0.25, -0.2) is 4.79 Å². The van der Waals surface area contributed by atoms with Gasteiger partial charge in [-0.3, -0.25) is 9.59 Å². The zero-order chi connectivity index (χ0) is 21.4. The first-order chi connectivity index (χ1) is 13.8. The van der Waals surface area contributed by atoms with E-state index in [-0.39, 0.29) is 30.8 Å². The largest absolute Gasteiger partial charge is 0.465 e. The van der Waals surface area contributed by atoms with Crippen LogP contribution in [0.5, 0.6) is 0 Å². The van der Waals surface area contributed by atoms with Crippen molar-refractivity contribution in [2.75, 3.05) is 18.6 Å². The molecule has 6 nitrogen and oxygen atoms in total. The summed E-state index contributed by atoms with van der Waals surface area (Å²) >= 11 is 0. The number of esters is 1. The summed E-state index contributed by atoms with van der Waals surface area (Å²) in [6.07, 6.45) is 0.153. The number of hydrogen-bond acceptors (Lipinski definition) is 4. The second-order valence-electron chi connectivity index (χ2n) is 7.03. The molecule has 0 N–H and O–H groups in total. The third kappa shape index (κ3) is 5.91. The molecular weight excluding hydrogens is 368 g/mol. The lowest BCUT2D eigenvalue weighted by Crippen LogP contribution is -2.39. The van der Waals surface area contributed by atoms with Crippen LogP contribution in [-0.2, 0) is 20.9 Å². The lowest BCUT2D eigenvalue weighted by molar-refractivity contribution is -0.133. The summed E-state index contributed by atoms with van der Waals surface area (Å²) in [6.45, 7) is 6.05. The molecule has 2 amide bonds. The first kappa shape index (κ1) is 22.1. The molecule has 0 saturated heterocycles. The molecular formula is C23H28N2O4. The van der Waals surface area contributed by atoms with Crippen LogP contribution in [0.4, 0.5) is 5.69 Å². The molecule has 154 valence electrons. The maximum Gasteiger partial charge on any atom is 0.339 e. The lowest BCUT2D eigenvalue weighted by Gasteiger charge is -2.29. The van der Waals surface area contributed by atoms with Crippen LogP contribution in [0.3, 0.4) is 0 Å². The van der Waals surface area contributed by atoms with Crippen molar-refractivity contribution in [3.05, 3.63) is 65.7 Å². The van der Waals surface area contributed by atoms with Crippen molar-refractivity contribution < 1.29 is 19.1 Å². The second kappa shape index (κ2) is 10.4. The van der Waals surface area contributed by atoms with Crippen LogP contribution in [0.15, 0.2) is 54.6 Å². The van der Waals surface area contributed by atoms with E-state index in [1.54, 1.807) is 29.2 Å². The molecule has 0 aliphatic carbocycles. The van der Waals surface area contributed by atoms with Crippen molar-refractivity contribution in [2.24, 2.45) is 0 Å². The minimum atomic E-state index is -0.522. The predicted molar refractivity (Wildman–Crippen MR) is 113 cm³/mol. The summed E-state index contributed by atoms with van der Waals surface area (Å²) in [6, 6.07) is 16.6. The molecule has 2 aromatic carbocycles. The normalized spacial score (nSPS) is 10.5. The van der Waals surface area contributed by atoms with Crippen LogP contribution >= 0.6 is 0 Å². The molecule has 0 unspecified atom stereocenters. The van der Waals surface area contributed by atoms with E-state index < -0.39 is 5.97 Å². The van der Waals surface area contributed by atoms with Gasteiger partial charge in [0.05, 0.1) is 18.4 Å². The summed E-state index contributed by atoms with van der Waals surface area (Å²) in [5.74, 6) is -0.815. The van der Waals surface area contributed by atoms with Crippen molar-refractivity contribution in [3.63, 3.8) is 0 Å². The average molecular weight is 396 g/mol. The van der Waals surface area contributed by atoms with Gasteiger partial charge in [0.2, 0.25) is 11.8 Å². The molecule has 6 heteroatoms. The lowest BCUT2D eigenvalue weighted by atomic mass is 10.1. The van der Waals surface area contributed by atoms with E-state index in [1.165, 1.54) is 18.9 Å². The minimum absolute atomic E-state index is 0.0239. The van der Waals surface area contributed by atoms with Crippen molar-refractivity contribution >= 4 is 23.5 Å². The fraction of sp³-hybridized carbons (Fsp3) is 0.348. The Labute approximate surface area is 172 Å². The van der Waals surface area contributed by atoms with Crippen LogP contribution < -0.4 is 4.90 Å². The van der Waals surface area contributed by atoms with Crippen molar-refractivity contribution in [1.82, 2.24) is 4.90 Å². The highest BCUT2D eigenvalue weighted by Gasteiger charge is 2.23. The first-order valence-corrected chi connectivity index (χ1v) is 9.64. The number of anilines is 1. The Bertz CT molecular complexity index is 849. The smallest absolute Gasteiger partial charge is 0.339 e. The van der Waals surface area contributed by atoms with Gasteiger partial charge in [0, 0.05) is 32.5 Å². The molecule has 0 aliphatic heterocycles. The molecule has 0 radical (unpaired) electrons. The monoisotopic (exact) mass is 396 g/mol. The Morgan fingerprint density at radius 2 is 1.59 bits per heavy atom. The van der Waals surface area contributed by atoms with Gasteiger partial charge >= 0.3 is 5.97 Å². The van der Waals surface area contributed by atoms with Crippen LogP contribution in [0.25, 0.3) is 0 Å². The van der Waals surface area contributed by atoms with Gasteiger partial charge in [-0.1, -0.05) is 42.5 Å². The highest BCUT2D eigenvalue weighted by Crippen LogP contribution is 2.22. The standard InChI is InChI=1S/C23H28N2O4/c1-17(2)25(16-19-10-6-5-7-11-19)22(27)14-15-24(18(3)26)21-13-9-8-12-20(21)23(28)29-4/h5-13,17H,14-16H2,1-4H3. The van der Waals surface area contributed by atoms with Crippen LogP contribution in [0, 0.1) is 0 Å². The van der Waals surface area contributed by atoms with Gasteiger partial charge in [-0.05, 0) is 31.5 Å². The number of methoxy groups -OCH3 is 1. The van der Waals surface area contributed by atoms with E-state index >= 15 is 0 Å². The summed E-state index contributed by atoms with van der Waals surface area (Å²) in [5.41, 5.74) is 1.79. The van der Waals surface area contributed by atoms with E-state index in [2.05, 4.69) is 0 Å². The van der Waals surface area contributed by atoms with Gasteiger partial charge < -0.3 is 14.5 Å². The van der Waals surface area contributed by atoms with Crippen LogP contribution in [0.2, 0.25) is 0 Å². The highest BCUT2D eigenvalue weighted by molar-refractivity contribution is 6.02. The fourth-order valence-corrected chi connectivity index (χ4v) is 3.13. The van der Waals surface area contributed by atoms with E-state index in [0.29, 0.717) is 17.8 Å². The zero-order valence-electron chi connectivity index (χ0n) is 17.4. The topological polar surface area (TPSA) is 66.9 Å². The zero-order valence-corrected chi connectivity index (χ0v) is 17.4. The summed E-state index contributed by atoms with van der Waals surface area (Å²) in [7, 11) is 1.30. The van der Waals surface area contributed by atoms with E-state index in [9.17, 15) is 14.4 Å². The number of rotatable bonds is 8. The average Bonchev–Trinajstić information content (AvgIpc) is 2.72. The number of carbonyl (C=O) groups excluding carboxylic acids is 3. The number of para-hydroxylation sites is 1. The molecule has 0 aliphatic rings. The SMILES string of the molecule is COC(=O)c1ccccc1N(CCC(=O)N(Cc1ccccc1)C(C)C)C(C)=O. The molecule has 0 atom stereocenters. The Kier molecular flexibility index (Phi) is 7.95. The number of benzene rings is 2. The quantitative estimate of drug-likeness (QED) is 0.639. The number of nitrogens with zero attached hydrogens (tertiary/aromatic N) is 2. The maximum absolute atomic E-state index is 12.9. The fourth-order valence-electron chi connectivity index (χ4n) is 3.13. The molecule has 0 saturated carbocycles. The number of hydrogen-bond donors (Lipinski definition) is 0. The molecule has 0 heterocycles. The van der Waals surface area contributed by atoms with Gasteiger partial charge in [-0.15, -0.1) is 0 Å². The van der Waals surface area contributed by atoms with E-state index in [4.69, 9.17) is 4.74 Å². The Morgan fingerprint density at radius 1 is 0.966 bits per heavy atom. The third-order valence-corrected chi connectivity index (χ3v) is 4.67. The molecule has 0 fully saturated rings. The summed E-state index contributed by atoms with van der Waals surface area (Å²) < 4.78 is 4.82. The maximum atomic E-state index is 12.9. The van der Waals surface area contributed by atoms with Crippen molar-refractivity contribution in [3.8, 4) is 0 Å². The Balaban J connectivity index is 2.16. The minimum Gasteiger partial charge on any atom is -0.465 e.